The Kier molecular flexibility index (Phi) is 7.79. The quantitative estimate of drug-likeness (QED) is 0.265. The van der Waals surface area contributed by atoms with Crippen LogP contribution < -0.4 is 9.64 Å². The first-order valence-electron chi connectivity index (χ1n) is 11.2. The molecular formula is C27H33N3O4. The second-order valence-electron chi connectivity index (χ2n) is 8.86. The zero-order valence-electron chi connectivity index (χ0n) is 20.5. The first kappa shape index (κ1) is 25.1. The van der Waals surface area contributed by atoms with E-state index in [-0.39, 0.29) is 11.3 Å². The monoisotopic (exact) mass is 463 g/mol. The Morgan fingerprint density at radius 1 is 1.12 bits per heavy atom. The van der Waals surface area contributed by atoms with Gasteiger partial charge in [0, 0.05) is 38.4 Å². The number of aliphatic hydroxyl groups excluding tert-OH is 1. The van der Waals surface area contributed by atoms with Crippen LogP contribution in [0.4, 0.5) is 5.69 Å². The maximum absolute atomic E-state index is 13.2. The van der Waals surface area contributed by atoms with Crippen molar-refractivity contribution in [3.8, 4) is 5.75 Å². The van der Waals surface area contributed by atoms with Crippen molar-refractivity contribution in [1.29, 1.82) is 0 Å². The van der Waals surface area contributed by atoms with Crippen LogP contribution in [0.25, 0.3) is 5.76 Å². The number of hydrogen-bond acceptors (Lipinski definition) is 6. The van der Waals surface area contributed by atoms with Crippen LogP contribution in [-0.2, 0) is 9.59 Å². The number of carbonyl (C=O) groups is 2. The number of amides is 1. The number of rotatable bonds is 9. The third-order valence-electron chi connectivity index (χ3n) is 5.86. The fourth-order valence-corrected chi connectivity index (χ4v) is 3.98. The minimum atomic E-state index is -0.678. The number of Topliss-reactive ketones (excluding diaryl/α,β-unsaturated/α-hetero) is 1. The van der Waals surface area contributed by atoms with Crippen molar-refractivity contribution >= 4 is 23.1 Å². The Labute approximate surface area is 201 Å². The molecule has 0 bridgehead atoms. The lowest BCUT2D eigenvalue weighted by atomic mass is 9.94. The highest BCUT2D eigenvalue weighted by Crippen LogP contribution is 2.40. The molecule has 3 rings (SSSR count). The maximum Gasteiger partial charge on any atom is 0.295 e. The molecule has 1 N–H and O–H groups in total. The summed E-state index contributed by atoms with van der Waals surface area (Å²) >= 11 is 0. The molecule has 1 unspecified atom stereocenters. The Hall–Kier alpha value is -3.58. The van der Waals surface area contributed by atoms with E-state index < -0.39 is 17.7 Å². The Morgan fingerprint density at radius 3 is 2.35 bits per heavy atom. The van der Waals surface area contributed by atoms with E-state index in [0.29, 0.717) is 31.0 Å². The predicted octanol–water partition coefficient (Wildman–Crippen LogP) is 3.61. The summed E-state index contributed by atoms with van der Waals surface area (Å²) < 4.78 is 5.62. The Morgan fingerprint density at radius 2 is 1.79 bits per heavy atom. The molecule has 1 saturated heterocycles. The molecule has 1 aliphatic heterocycles. The lowest BCUT2D eigenvalue weighted by molar-refractivity contribution is -0.140. The van der Waals surface area contributed by atoms with Gasteiger partial charge in [-0.3, -0.25) is 9.59 Å². The third kappa shape index (κ3) is 5.15. The zero-order valence-corrected chi connectivity index (χ0v) is 20.5. The number of benzene rings is 2. The van der Waals surface area contributed by atoms with E-state index >= 15 is 0 Å². The molecule has 2 aromatic rings. The molecule has 1 amide bonds. The molecule has 7 nitrogen and oxygen atoms in total. The van der Waals surface area contributed by atoms with Crippen molar-refractivity contribution in [2.75, 3.05) is 52.8 Å². The largest absolute Gasteiger partial charge is 0.507 e. The summed E-state index contributed by atoms with van der Waals surface area (Å²) in [7, 11) is 7.72. The van der Waals surface area contributed by atoms with E-state index in [1.807, 2.05) is 69.2 Å². The van der Waals surface area contributed by atoms with Gasteiger partial charge >= 0.3 is 0 Å². The minimum absolute atomic E-state index is 0.0977. The van der Waals surface area contributed by atoms with E-state index in [1.54, 1.807) is 29.2 Å². The lowest BCUT2D eigenvalue weighted by Crippen LogP contribution is -2.35. The van der Waals surface area contributed by atoms with Crippen LogP contribution in [0.3, 0.4) is 0 Å². The van der Waals surface area contributed by atoms with Crippen LogP contribution in [0.1, 0.15) is 22.7 Å². The van der Waals surface area contributed by atoms with Gasteiger partial charge in [0.15, 0.2) is 0 Å². The first-order chi connectivity index (χ1) is 16.1. The Bertz CT molecular complexity index is 1100. The fraction of sp³-hybridized carbons (Fsp3) is 0.333. The number of nitrogens with zero attached hydrogens (tertiary/aromatic N) is 3. The van der Waals surface area contributed by atoms with Crippen LogP contribution in [0, 0.1) is 6.92 Å². The molecule has 2 aromatic carbocycles. The van der Waals surface area contributed by atoms with Crippen molar-refractivity contribution < 1.29 is 19.4 Å². The average molecular weight is 464 g/mol. The van der Waals surface area contributed by atoms with Gasteiger partial charge in [0.2, 0.25) is 0 Å². The van der Waals surface area contributed by atoms with Gasteiger partial charge in [-0.25, -0.2) is 0 Å². The van der Waals surface area contributed by atoms with Gasteiger partial charge < -0.3 is 24.5 Å². The summed E-state index contributed by atoms with van der Waals surface area (Å²) in [4.78, 5) is 31.7. The highest BCUT2D eigenvalue weighted by atomic mass is 16.5. The molecule has 0 radical (unpaired) electrons. The number of anilines is 1. The number of ketones is 1. The lowest BCUT2D eigenvalue weighted by Gasteiger charge is -2.27. The van der Waals surface area contributed by atoms with Crippen LogP contribution in [0.2, 0.25) is 0 Å². The molecule has 0 saturated carbocycles. The molecule has 34 heavy (non-hydrogen) atoms. The minimum Gasteiger partial charge on any atom is -0.507 e. The molecule has 0 spiro atoms. The molecule has 1 aliphatic rings. The number of likely N-dealkylation sites (tertiary alicyclic amines) is 1. The van der Waals surface area contributed by atoms with E-state index in [2.05, 4.69) is 6.58 Å². The van der Waals surface area contributed by atoms with E-state index in [0.717, 1.165) is 16.8 Å². The first-order valence-corrected chi connectivity index (χ1v) is 11.2. The van der Waals surface area contributed by atoms with Gasteiger partial charge in [0.25, 0.3) is 11.7 Å². The van der Waals surface area contributed by atoms with Gasteiger partial charge in [-0.2, -0.15) is 0 Å². The highest BCUT2D eigenvalue weighted by molar-refractivity contribution is 6.46. The summed E-state index contributed by atoms with van der Waals surface area (Å²) in [6, 6.07) is 12.2. The highest BCUT2D eigenvalue weighted by Gasteiger charge is 2.45. The van der Waals surface area contributed by atoms with Gasteiger partial charge in [0.05, 0.1) is 11.6 Å². The fourth-order valence-electron chi connectivity index (χ4n) is 3.98. The van der Waals surface area contributed by atoms with E-state index in [4.69, 9.17) is 4.74 Å². The summed E-state index contributed by atoms with van der Waals surface area (Å²) in [5, 5.41) is 11.3. The molecule has 1 fully saturated rings. The SMILES string of the molecule is C=CCOc1ccc(C(O)=C2C(=O)C(=O)N(CCN(C)C)C2c2ccc(N(C)C)cc2)cc1C. The van der Waals surface area contributed by atoms with Gasteiger partial charge in [-0.15, -0.1) is 0 Å². The summed E-state index contributed by atoms with van der Waals surface area (Å²) in [5.41, 5.74) is 3.14. The number of likely N-dealkylation sites (N-methyl/N-ethyl adjacent to an activating group) is 1. The number of aryl methyl sites for hydroxylation is 1. The van der Waals surface area contributed by atoms with Crippen molar-refractivity contribution in [3.63, 3.8) is 0 Å². The summed E-state index contributed by atoms with van der Waals surface area (Å²) in [5.74, 6) is -0.806. The molecule has 0 aliphatic carbocycles. The topological polar surface area (TPSA) is 73.3 Å². The van der Waals surface area contributed by atoms with Gasteiger partial charge in [-0.1, -0.05) is 24.8 Å². The number of ether oxygens (including phenoxy) is 1. The normalized spacial score (nSPS) is 17.4. The van der Waals surface area contributed by atoms with E-state index in [1.165, 1.54) is 0 Å². The number of aliphatic hydroxyl groups is 1. The van der Waals surface area contributed by atoms with Crippen molar-refractivity contribution in [2.24, 2.45) is 0 Å². The second-order valence-corrected chi connectivity index (χ2v) is 8.86. The molecule has 7 heteroatoms. The summed E-state index contributed by atoms with van der Waals surface area (Å²) in [6.45, 7) is 6.84. The predicted molar refractivity (Wildman–Crippen MR) is 135 cm³/mol. The van der Waals surface area contributed by atoms with E-state index in [9.17, 15) is 14.7 Å². The summed E-state index contributed by atoms with van der Waals surface area (Å²) in [6.07, 6.45) is 1.66. The van der Waals surface area contributed by atoms with Crippen LogP contribution in [0.15, 0.2) is 60.7 Å². The second kappa shape index (κ2) is 10.6. The van der Waals surface area contributed by atoms with Crippen LogP contribution in [0.5, 0.6) is 5.75 Å². The third-order valence-corrected chi connectivity index (χ3v) is 5.86. The Balaban J connectivity index is 2.10. The van der Waals surface area contributed by atoms with Gasteiger partial charge in [-0.05, 0) is 62.5 Å². The van der Waals surface area contributed by atoms with Crippen molar-refractivity contribution in [3.05, 3.63) is 77.4 Å². The maximum atomic E-state index is 13.2. The van der Waals surface area contributed by atoms with Crippen molar-refractivity contribution in [1.82, 2.24) is 9.80 Å². The van der Waals surface area contributed by atoms with Gasteiger partial charge in [0.1, 0.15) is 18.1 Å². The standard InChI is InChI=1S/C27H33N3O4/c1-7-16-34-22-13-10-20(17-18(22)2)25(31)23-24(19-8-11-21(12-9-19)29(5)6)30(15-14-28(3)4)27(33)26(23)32/h7-13,17,24,31H,1,14-16H2,2-6H3. The van der Waals surface area contributed by atoms with Crippen LogP contribution in [-0.4, -0.2) is 74.5 Å². The molecule has 0 aromatic heterocycles. The zero-order chi connectivity index (χ0) is 25.0. The molecule has 180 valence electrons. The number of hydrogen-bond donors (Lipinski definition) is 1. The molecule has 1 heterocycles. The van der Waals surface area contributed by atoms with Crippen molar-refractivity contribution in [2.45, 2.75) is 13.0 Å². The smallest absolute Gasteiger partial charge is 0.295 e. The molecular weight excluding hydrogens is 430 g/mol. The molecule has 1 atom stereocenters. The average Bonchev–Trinajstić information content (AvgIpc) is 3.06. The number of carbonyl (C=O) groups excluding carboxylic acids is 2. The van der Waals surface area contributed by atoms with Crippen LogP contribution >= 0.6 is 0 Å².